The summed E-state index contributed by atoms with van der Waals surface area (Å²) in [7, 11) is 1.79. The van der Waals surface area contributed by atoms with E-state index in [2.05, 4.69) is 5.32 Å². The van der Waals surface area contributed by atoms with Crippen LogP contribution in [0, 0.1) is 10.1 Å². The van der Waals surface area contributed by atoms with E-state index in [0.717, 1.165) is 5.01 Å². The average molecular weight is 161 g/mol. The van der Waals surface area contributed by atoms with Crippen molar-refractivity contribution in [1.82, 2.24) is 10.3 Å². The van der Waals surface area contributed by atoms with Crippen LogP contribution in [0.3, 0.4) is 0 Å². The molecule has 1 N–H and O–H groups in total. The Bertz CT molecular complexity index is 152. The van der Waals surface area contributed by atoms with Crippen LogP contribution < -0.4 is 5.32 Å². The smallest absolute Gasteiger partial charge is 0.177 e. The Morgan fingerprint density at radius 3 is 3.09 bits per heavy atom. The predicted octanol–water partition coefficient (Wildman–Crippen LogP) is -0.944. The third kappa shape index (κ3) is 2.02. The van der Waals surface area contributed by atoms with Gasteiger partial charge in [0.15, 0.2) is 11.8 Å². The molecule has 1 saturated heterocycles. The van der Waals surface area contributed by atoms with Crippen LogP contribution in [0.15, 0.2) is 0 Å². The second kappa shape index (κ2) is 3.49. The molecule has 6 nitrogen and oxygen atoms in total. The summed E-state index contributed by atoms with van der Waals surface area (Å²) in [5.41, 5.74) is 0. The van der Waals surface area contributed by atoms with Gasteiger partial charge in [-0.2, -0.15) is 0 Å². The maximum absolute atomic E-state index is 10.2. The van der Waals surface area contributed by atoms with E-state index < -0.39 is 5.03 Å². The summed E-state index contributed by atoms with van der Waals surface area (Å²) in [5.74, 6) is 0. The fourth-order valence-electron chi connectivity index (χ4n) is 0.997. The molecule has 64 valence electrons. The highest BCUT2D eigenvalue weighted by molar-refractivity contribution is 4.66. The Hall–Kier alpha value is -0.880. The summed E-state index contributed by atoms with van der Waals surface area (Å²) in [6, 6.07) is 0. The Labute approximate surface area is 64.2 Å². The molecule has 0 spiro atoms. The lowest BCUT2D eigenvalue weighted by molar-refractivity contribution is -0.654. The van der Waals surface area contributed by atoms with Gasteiger partial charge in [0.1, 0.15) is 6.54 Å². The number of rotatable bonds is 3. The molecule has 1 aliphatic rings. The zero-order chi connectivity index (χ0) is 8.27. The molecule has 11 heavy (non-hydrogen) atoms. The van der Waals surface area contributed by atoms with Gasteiger partial charge in [-0.05, 0) is 7.05 Å². The summed E-state index contributed by atoms with van der Waals surface area (Å²) in [5, 5.41) is 13.7. The van der Waals surface area contributed by atoms with E-state index >= 15 is 0 Å². The van der Waals surface area contributed by atoms with Crippen LogP contribution in [-0.2, 0) is 4.74 Å². The molecule has 0 saturated carbocycles. The average Bonchev–Trinajstić information content (AvgIpc) is 2.37. The molecule has 0 unspecified atom stereocenters. The molecule has 0 aromatic heterocycles. The van der Waals surface area contributed by atoms with Crippen molar-refractivity contribution in [3.05, 3.63) is 10.1 Å². The molecule has 1 fully saturated rings. The van der Waals surface area contributed by atoms with E-state index in [1.54, 1.807) is 7.05 Å². The Morgan fingerprint density at radius 1 is 1.91 bits per heavy atom. The van der Waals surface area contributed by atoms with E-state index in [4.69, 9.17) is 4.74 Å². The van der Waals surface area contributed by atoms with Gasteiger partial charge in [0.2, 0.25) is 0 Å². The van der Waals surface area contributed by atoms with E-state index in [0.29, 0.717) is 13.1 Å². The minimum absolute atomic E-state index is 0.0506. The highest BCUT2D eigenvalue weighted by Crippen LogP contribution is 2.06. The van der Waals surface area contributed by atoms with Crippen molar-refractivity contribution in [3.63, 3.8) is 0 Å². The normalized spacial score (nSPS) is 24.1. The standard InChI is InChI=1S/C5H11N3O3/c1-6-2-5-3-7(4-11-5)8(9)10/h5-6H,2-4H2,1H3/t5-/m0/s1. The third-order valence-corrected chi connectivity index (χ3v) is 1.54. The van der Waals surface area contributed by atoms with Crippen LogP contribution in [0.4, 0.5) is 0 Å². The van der Waals surface area contributed by atoms with Crippen LogP contribution in [-0.4, -0.2) is 43.0 Å². The largest absolute Gasteiger partial charge is 0.349 e. The number of ether oxygens (including phenoxy) is 1. The van der Waals surface area contributed by atoms with Gasteiger partial charge in [-0.15, -0.1) is 5.01 Å². The SMILES string of the molecule is CNC[C@H]1CN([N+](=O)[O-])CO1. The molecule has 1 atom stereocenters. The Morgan fingerprint density at radius 2 is 2.64 bits per heavy atom. The van der Waals surface area contributed by atoms with Gasteiger partial charge in [-0.1, -0.05) is 0 Å². The number of nitro groups is 1. The minimum atomic E-state index is -0.435. The summed E-state index contributed by atoms with van der Waals surface area (Å²) in [6.07, 6.45) is -0.0506. The number of nitrogens with one attached hydrogen (secondary N) is 1. The lowest BCUT2D eigenvalue weighted by atomic mass is 10.4. The number of hydrogen-bond acceptors (Lipinski definition) is 4. The third-order valence-electron chi connectivity index (χ3n) is 1.54. The molecule has 0 aromatic rings. The van der Waals surface area contributed by atoms with Crippen LogP contribution in [0.5, 0.6) is 0 Å². The van der Waals surface area contributed by atoms with Gasteiger partial charge in [0.05, 0.1) is 6.10 Å². The molecular formula is C5H11N3O3. The zero-order valence-corrected chi connectivity index (χ0v) is 6.32. The van der Waals surface area contributed by atoms with Gasteiger partial charge in [0, 0.05) is 6.54 Å². The molecule has 0 aliphatic carbocycles. The van der Waals surface area contributed by atoms with Crippen LogP contribution in [0.2, 0.25) is 0 Å². The zero-order valence-electron chi connectivity index (χ0n) is 6.32. The number of hydrazine groups is 1. The molecule has 0 radical (unpaired) electrons. The lowest BCUT2D eigenvalue weighted by Crippen LogP contribution is -2.31. The van der Waals surface area contributed by atoms with Gasteiger partial charge in [-0.25, -0.2) is 10.1 Å². The lowest BCUT2D eigenvalue weighted by Gasteiger charge is -2.04. The topological polar surface area (TPSA) is 67.6 Å². The van der Waals surface area contributed by atoms with Crippen LogP contribution >= 0.6 is 0 Å². The van der Waals surface area contributed by atoms with E-state index in [1.807, 2.05) is 0 Å². The quantitative estimate of drug-likeness (QED) is 0.427. The first kappa shape index (κ1) is 8.22. The second-order valence-corrected chi connectivity index (χ2v) is 2.40. The Balaban J connectivity index is 2.29. The molecule has 1 aliphatic heterocycles. The van der Waals surface area contributed by atoms with E-state index in [-0.39, 0.29) is 12.8 Å². The van der Waals surface area contributed by atoms with E-state index in [9.17, 15) is 10.1 Å². The maximum Gasteiger partial charge on any atom is 0.177 e. The maximum atomic E-state index is 10.2. The Kier molecular flexibility index (Phi) is 2.61. The number of nitrogens with zero attached hydrogens (tertiary/aromatic N) is 2. The molecule has 6 heteroatoms. The van der Waals surface area contributed by atoms with Crippen LogP contribution in [0.1, 0.15) is 0 Å². The van der Waals surface area contributed by atoms with Crippen molar-refractivity contribution in [2.45, 2.75) is 6.10 Å². The molecular weight excluding hydrogens is 150 g/mol. The monoisotopic (exact) mass is 161 g/mol. The minimum Gasteiger partial charge on any atom is -0.349 e. The number of likely N-dealkylation sites (N-methyl/N-ethyl adjacent to an activating group) is 1. The van der Waals surface area contributed by atoms with Gasteiger partial charge in [-0.3, -0.25) is 0 Å². The van der Waals surface area contributed by atoms with Gasteiger partial charge < -0.3 is 10.1 Å². The van der Waals surface area contributed by atoms with E-state index in [1.165, 1.54) is 0 Å². The molecule has 0 aromatic carbocycles. The fraction of sp³-hybridized carbons (Fsp3) is 1.00. The van der Waals surface area contributed by atoms with Crippen molar-refractivity contribution in [2.24, 2.45) is 0 Å². The highest BCUT2D eigenvalue weighted by Gasteiger charge is 2.28. The first-order chi connectivity index (χ1) is 5.24. The summed E-state index contributed by atoms with van der Waals surface area (Å²) in [4.78, 5) is 10.2. The van der Waals surface area contributed by atoms with Crippen molar-refractivity contribution >= 4 is 0 Å². The second-order valence-electron chi connectivity index (χ2n) is 2.40. The summed E-state index contributed by atoms with van der Waals surface area (Å²) in [6.45, 7) is 1.12. The van der Waals surface area contributed by atoms with Crippen molar-refractivity contribution < 1.29 is 9.77 Å². The first-order valence-electron chi connectivity index (χ1n) is 3.39. The van der Waals surface area contributed by atoms with Crippen molar-refractivity contribution in [1.29, 1.82) is 0 Å². The van der Waals surface area contributed by atoms with Crippen molar-refractivity contribution in [2.75, 3.05) is 26.9 Å². The van der Waals surface area contributed by atoms with Gasteiger partial charge >= 0.3 is 0 Å². The van der Waals surface area contributed by atoms with Crippen molar-refractivity contribution in [3.8, 4) is 0 Å². The molecule has 0 bridgehead atoms. The highest BCUT2D eigenvalue weighted by atomic mass is 16.7. The molecule has 0 amide bonds. The first-order valence-corrected chi connectivity index (χ1v) is 3.39. The summed E-state index contributed by atoms with van der Waals surface area (Å²) >= 11 is 0. The fourth-order valence-corrected chi connectivity index (χ4v) is 0.997. The predicted molar refractivity (Wildman–Crippen MR) is 37.4 cm³/mol. The van der Waals surface area contributed by atoms with Crippen LogP contribution in [0.25, 0.3) is 0 Å². The number of hydrogen-bond donors (Lipinski definition) is 1. The molecule has 1 heterocycles. The van der Waals surface area contributed by atoms with Gasteiger partial charge in [0.25, 0.3) is 0 Å². The molecule has 1 rings (SSSR count). The summed E-state index contributed by atoms with van der Waals surface area (Å²) < 4.78 is 5.09.